The fourth-order valence-corrected chi connectivity index (χ4v) is 4.43. The Hall–Kier alpha value is -3.76. The molecule has 1 saturated heterocycles. The van der Waals surface area contributed by atoms with Crippen LogP contribution in [0.3, 0.4) is 0 Å². The molecule has 1 aliphatic rings. The van der Waals surface area contributed by atoms with E-state index in [9.17, 15) is 10.1 Å². The highest BCUT2D eigenvalue weighted by Gasteiger charge is 2.23. The van der Waals surface area contributed by atoms with E-state index in [4.69, 9.17) is 4.74 Å². The van der Waals surface area contributed by atoms with E-state index < -0.39 is 0 Å². The van der Waals surface area contributed by atoms with Gasteiger partial charge in [0, 0.05) is 44.1 Å². The zero-order valence-electron chi connectivity index (χ0n) is 20.0. The molecule has 7 nitrogen and oxygen atoms in total. The lowest BCUT2D eigenvalue weighted by Crippen LogP contribution is -2.48. The molecule has 1 fully saturated rings. The molecule has 0 radical (unpaired) electrons. The van der Waals surface area contributed by atoms with Crippen LogP contribution >= 0.6 is 0 Å². The number of carbonyl (C=O) groups is 1. The van der Waals surface area contributed by atoms with Crippen molar-refractivity contribution in [2.24, 2.45) is 0 Å². The van der Waals surface area contributed by atoms with Gasteiger partial charge in [-0.1, -0.05) is 30.3 Å². The van der Waals surface area contributed by atoms with Gasteiger partial charge in [-0.25, -0.2) is 0 Å². The number of carbonyl (C=O) groups excluding carboxylic acids is 1. The van der Waals surface area contributed by atoms with Crippen LogP contribution in [0.5, 0.6) is 5.75 Å². The zero-order chi connectivity index (χ0) is 24.1. The summed E-state index contributed by atoms with van der Waals surface area (Å²) in [5.41, 5.74) is 4.71. The number of nitrogens with one attached hydrogen (secondary N) is 1. The third kappa shape index (κ3) is 5.08. The average Bonchev–Trinajstić information content (AvgIpc) is 3.08. The topological polar surface area (TPSA) is 73.5 Å². The number of rotatable bonds is 7. The minimum Gasteiger partial charge on any atom is -0.497 e. The van der Waals surface area contributed by atoms with Crippen molar-refractivity contribution in [3.8, 4) is 11.8 Å². The monoisotopic (exact) mass is 457 g/mol. The maximum atomic E-state index is 13.0. The molecule has 1 amide bonds. The van der Waals surface area contributed by atoms with Gasteiger partial charge in [0.2, 0.25) is 5.91 Å². The molecule has 0 spiro atoms. The van der Waals surface area contributed by atoms with E-state index in [0.717, 1.165) is 54.4 Å². The average molecular weight is 458 g/mol. The second-order valence-electron chi connectivity index (χ2n) is 8.63. The Morgan fingerprint density at radius 2 is 1.71 bits per heavy atom. The van der Waals surface area contributed by atoms with Gasteiger partial charge in [0.15, 0.2) is 0 Å². The van der Waals surface area contributed by atoms with E-state index in [1.165, 1.54) is 0 Å². The third-order valence-electron chi connectivity index (χ3n) is 6.56. The second-order valence-corrected chi connectivity index (χ2v) is 8.63. The predicted octanol–water partition coefficient (Wildman–Crippen LogP) is 3.79. The van der Waals surface area contributed by atoms with Crippen LogP contribution in [-0.2, 0) is 11.3 Å². The number of anilines is 2. The number of piperazine rings is 1. The van der Waals surface area contributed by atoms with Gasteiger partial charge in [-0.05, 0) is 49.2 Å². The van der Waals surface area contributed by atoms with Crippen LogP contribution in [0.25, 0.3) is 0 Å². The number of nitrogens with zero attached hydrogens (tertiary/aromatic N) is 4. The van der Waals surface area contributed by atoms with Crippen molar-refractivity contribution in [2.75, 3.05) is 50.1 Å². The highest BCUT2D eigenvalue weighted by molar-refractivity contribution is 5.93. The number of amides is 1. The van der Waals surface area contributed by atoms with Crippen LogP contribution < -0.4 is 15.0 Å². The van der Waals surface area contributed by atoms with Gasteiger partial charge in [-0.2, -0.15) is 5.26 Å². The van der Waals surface area contributed by atoms with Gasteiger partial charge in [0.25, 0.3) is 0 Å². The molecule has 2 heterocycles. The molecule has 3 aromatic rings. The first kappa shape index (κ1) is 23.4. The van der Waals surface area contributed by atoms with Gasteiger partial charge < -0.3 is 19.5 Å². The fourth-order valence-electron chi connectivity index (χ4n) is 4.43. The van der Waals surface area contributed by atoms with Crippen LogP contribution in [0.1, 0.15) is 22.4 Å². The minimum atomic E-state index is -0.0961. The normalized spacial score (nSPS) is 14.0. The fraction of sp³-hybridized carbons (Fsp3) is 0.333. The molecule has 2 aromatic carbocycles. The summed E-state index contributed by atoms with van der Waals surface area (Å²) in [4.78, 5) is 17.5. The number of benzene rings is 2. The van der Waals surface area contributed by atoms with Crippen molar-refractivity contribution in [1.29, 1.82) is 5.26 Å². The van der Waals surface area contributed by atoms with Gasteiger partial charge >= 0.3 is 0 Å². The van der Waals surface area contributed by atoms with E-state index in [1.54, 1.807) is 7.11 Å². The Kier molecular flexibility index (Phi) is 7.19. The van der Waals surface area contributed by atoms with Gasteiger partial charge in [0.1, 0.15) is 17.6 Å². The number of hydrogen-bond acceptors (Lipinski definition) is 5. The first-order valence-electron chi connectivity index (χ1n) is 11.5. The molecule has 0 atom stereocenters. The SMILES string of the molecule is COc1ccc(N2CCN(CC(=O)Nc3c(C#N)c(C)c(C)n3Cc3ccccc3)CC2)cc1. The van der Waals surface area contributed by atoms with Gasteiger partial charge in [0.05, 0.1) is 19.2 Å². The number of hydrogen-bond donors (Lipinski definition) is 1. The molecule has 34 heavy (non-hydrogen) atoms. The Balaban J connectivity index is 1.40. The Morgan fingerprint density at radius 1 is 1.03 bits per heavy atom. The molecule has 0 saturated carbocycles. The summed E-state index contributed by atoms with van der Waals surface area (Å²) < 4.78 is 7.27. The quantitative estimate of drug-likeness (QED) is 0.584. The summed E-state index contributed by atoms with van der Waals surface area (Å²) >= 11 is 0. The first-order chi connectivity index (χ1) is 16.5. The smallest absolute Gasteiger partial charge is 0.239 e. The van der Waals surface area contributed by atoms with Crippen molar-refractivity contribution in [3.05, 3.63) is 77.0 Å². The van der Waals surface area contributed by atoms with Crippen molar-refractivity contribution in [3.63, 3.8) is 0 Å². The molecule has 176 valence electrons. The molecule has 1 N–H and O–H groups in total. The summed E-state index contributed by atoms with van der Waals surface area (Å²) in [5, 5.41) is 12.8. The Morgan fingerprint density at radius 3 is 2.32 bits per heavy atom. The lowest BCUT2D eigenvalue weighted by Gasteiger charge is -2.35. The van der Waals surface area contributed by atoms with Crippen molar-refractivity contribution in [2.45, 2.75) is 20.4 Å². The largest absolute Gasteiger partial charge is 0.497 e. The summed E-state index contributed by atoms with van der Waals surface area (Å²) in [7, 11) is 1.67. The summed E-state index contributed by atoms with van der Waals surface area (Å²) in [6, 6.07) is 20.4. The van der Waals surface area contributed by atoms with Crippen LogP contribution in [0.15, 0.2) is 54.6 Å². The number of aromatic nitrogens is 1. The van der Waals surface area contributed by atoms with Crippen molar-refractivity contribution in [1.82, 2.24) is 9.47 Å². The Bertz CT molecular complexity index is 1170. The lowest BCUT2D eigenvalue weighted by molar-refractivity contribution is -0.117. The van der Waals surface area contributed by atoms with E-state index in [2.05, 4.69) is 45.5 Å². The standard InChI is InChI=1S/C27H31N5O2/c1-20-21(2)32(18-22-7-5-4-6-8-22)27(25(20)17-28)29-26(33)19-30-13-15-31(16-14-30)23-9-11-24(34-3)12-10-23/h4-12H,13-16,18-19H2,1-3H3,(H,29,33). The predicted molar refractivity (Wildman–Crippen MR) is 134 cm³/mol. The second kappa shape index (κ2) is 10.4. The molecule has 4 rings (SSSR count). The molecule has 1 aromatic heterocycles. The molecule has 0 aliphatic carbocycles. The Labute approximate surface area is 201 Å². The van der Waals surface area contributed by atoms with Gasteiger partial charge in [-0.15, -0.1) is 0 Å². The zero-order valence-corrected chi connectivity index (χ0v) is 20.0. The summed E-state index contributed by atoms with van der Waals surface area (Å²) in [6.07, 6.45) is 0. The molecule has 1 aliphatic heterocycles. The maximum Gasteiger partial charge on any atom is 0.239 e. The first-order valence-corrected chi connectivity index (χ1v) is 11.5. The van der Waals surface area contributed by atoms with Crippen molar-refractivity contribution < 1.29 is 9.53 Å². The van der Waals surface area contributed by atoms with E-state index in [0.29, 0.717) is 24.5 Å². The van der Waals surface area contributed by atoms with Crippen LogP contribution in [-0.4, -0.2) is 55.2 Å². The van der Waals surface area contributed by atoms with E-state index in [1.807, 2.05) is 48.7 Å². The van der Waals surface area contributed by atoms with E-state index in [-0.39, 0.29) is 5.91 Å². The number of ether oxygens (including phenoxy) is 1. The van der Waals surface area contributed by atoms with Crippen LogP contribution in [0.4, 0.5) is 11.5 Å². The highest BCUT2D eigenvalue weighted by atomic mass is 16.5. The minimum absolute atomic E-state index is 0.0961. The number of methoxy groups -OCH3 is 1. The molecule has 7 heteroatoms. The van der Waals surface area contributed by atoms with Gasteiger partial charge in [-0.3, -0.25) is 9.69 Å². The molecular weight excluding hydrogens is 426 g/mol. The number of nitriles is 1. The molecular formula is C27H31N5O2. The maximum absolute atomic E-state index is 13.0. The molecule has 0 unspecified atom stereocenters. The molecule has 0 bridgehead atoms. The lowest BCUT2D eigenvalue weighted by atomic mass is 10.2. The third-order valence-corrected chi connectivity index (χ3v) is 6.56. The van der Waals surface area contributed by atoms with Crippen molar-refractivity contribution >= 4 is 17.4 Å². The van der Waals surface area contributed by atoms with E-state index >= 15 is 0 Å². The van der Waals surface area contributed by atoms with Crippen LogP contribution in [0.2, 0.25) is 0 Å². The summed E-state index contributed by atoms with van der Waals surface area (Å²) in [6.45, 7) is 8.14. The van der Waals surface area contributed by atoms with Crippen LogP contribution in [0, 0.1) is 25.2 Å². The highest BCUT2D eigenvalue weighted by Crippen LogP contribution is 2.27. The summed E-state index contributed by atoms with van der Waals surface area (Å²) in [5.74, 6) is 1.34.